The van der Waals surface area contributed by atoms with Gasteiger partial charge in [-0.2, -0.15) is 11.8 Å². The van der Waals surface area contributed by atoms with Gasteiger partial charge >= 0.3 is 0 Å². The van der Waals surface area contributed by atoms with E-state index in [9.17, 15) is 0 Å². The average molecular weight is 285 g/mol. The van der Waals surface area contributed by atoms with Crippen molar-refractivity contribution in [1.29, 1.82) is 0 Å². The zero-order valence-electron chi connectivity index (χ0n) is 12.1. The van der Waals surface area contributed by atoms with Gasteiger partial charge in [-0.25, -0.2) is 0 Å². The third-order valence-corrected chi connectivity index (χ3v) is 5.69. The number of thioether (sulfide) groups is 1. The maximum absolute atomic E-state index is 3.38. The molecule has 0 aromatic heterocycles. The first-order valence-corrected chi connectivity index (χ1v) is 8.66. The Kier molecular flexibility index (Phi) is 4.64. The summed E-state index contributed by atoms with van der Waals surface area (Å²) in [6.07, 6.45) is 4.11. The molecule has 20 heavy (non-hydrogen) atoms. The summed E-state index contributed by atoms with van der Waals surface area (Å²) in [7, 11) is 2.07. The Morgan fingerprint density at radius 3 is 2.80 bits per heavy atom. The van der Waals surface area contributed by atoms with Crippen LogP contribution in [0.25, 0.3) is 10.8 Å². The first kappa shape index (κ1) is 14.0. The monoisotopic (exact) mass is 285 g/mol. The summed E-state index contributed by atoms with van der Waals surface area (Å²) >= 11 is 2.17. The van der Waals surface area contributed by atoms with E-state index < -0.39 is 0 Å². The van der Waals surface area contributed by atoms with Gasteiger partial charge in [0.15, 0.2) is 0 Å². The molecule has 1 aliphatic rings. The molecule has 106 valence electrons. The SMILES string of the molecule is CNCC(CC1CCCS1)c1ccc2ccccc2c1. The lowest BCUT2D eigenvalue weighted by atomic mass is 9.91. The highest BCUT2D eigenvalue weighted by Crippen LogP contribution is 2.35. The van der Waals surface area contributed by atoms with E-state index >= 15 is 0 Å². The molecule has 3 rings (SSSR count). The Bertz CT molecular complexity index is 560. The molecule has 0 bridgehead atoms. The summed E-state index contributed by atoms with van der Waals surface area (Å²) in [5, 5.41) is 6.95. The summed E-state index contributed by atoms with van der Waals surface area (Å²) in [5.74, 6) is 1.99. The molecule has 0 amide bonds. The van der Waals surface area contributed by atoms with Gasteiger partial charge < -0.3 is 5.32 Å². The minimum Gasteiger partial charge on any atom is -0.319 e. The fourth-order valence-corrected chi connectivity index (χ4v) is 4.56. The Morgan fingerprint density at radius 1 is 1.20 bits per heavy atom. The molecule has 1 fully saturated rings. The smallest absolute Gasteiger partial charge is 0.00536 e. The third kappa shape index (κ3) is 3.18. The number of nitrogens with one attached hydrogen (secondary N) is 1. The molecule has 0 aliphatic carbocycles. The number of benzene rings is 2. The molecule has 2 heteroatoms. The highest BCUT2D eigenvalue weighted by atomic mass is 32.2. The summed E-state index contributed by atoms with van der Waals surface area (Å²) in [6.45, 7) is 1.08. The second kappa shape index (κ2) is 6.64. The second-order valence-corrected chi connectivity index (χ2v) is 7.14. The predicted molar refractivity (Wildman–Crippen MR) is 90.7 cm³/mol. The van der Waals surface area contributed by atoms with E-state index in [1.54, 1.807) is 0 Å². The van der Waals surface area contributed by atoms with Gasteiger partial charge in [0.2, 0.25) is 0 Å². The lowest BCUT2D eigenvalue weighted by Crippen LogP contribution is -2.20. The molecule has 1 nitrogen and oxygen atoms in total. The second-order valence-electron chi connectivity index (χ2n) is 5.73. The van der Waals surface area contributed by atoms with E-state index in [4.69, 9.17) is 0 Å². The summed E-state index contributed by atoms with van der Waals surface area (Å²) < 4.78 is 0. The molecular formula is C18H23NS. The predicted octanol–water partition coefficient (Wildman–Crippen LogP) is 4.43. The average Bonchev–Trinajstić information content (AvgIpc) is 2.99. The van der Waals surface area contributed by atoms with Crippen molar-refractivity contribution in [1.82, 2.24) is 5.32 Å². The molecular weight excluding hydrogens is 262 g/mol. The quantitative estimate of drug-likeness (QED) is 0.872. The van der Waals surface area contributed by atoms with Crippen LogP contribution in [0.3, 0.4) is 0 Å². The van der Waals surface area contributed by atoms with Crippen molar-refractivity contribution >= 4 is 22.5 Å². The standard InChI is InChI=1S/C18H23NS/c1-19-13-17(12-18-7-4-10-20-18)16-9-8-14-5-2-3-6-15(14)11-16/h2-3,5-6,8-9,11,17-19H,4,7,10,12-13H2,1H3. The van der Waals surface area contributed by atoms with Gasteiger partial charge in [-0.05, 0) is 54.3 Å². The maximum atomic E-state index is 3.38. The van der Waals surface area contributed by atoms with Crippen LogP contribution in [-0.4, -0.2) is 24.6 Å². The van der Waals surface area contributed by atoms with Gasteiger partial charge in [0.1, 0.15) is 0 Å². The van der Waals surface area contributed by atoms with Crippen molar-refractivity contribution < 1.29 is 0 Å². The van der Waals surface area contributed by atoms with Gasteiger partial charge in [-0.1, -0.05) is 42.5 Å². The summed E-state index contributed by atoms with van der Waals surface area (Å²) in [6, 6.07) is 15.6. The topological polar surface area (TPSA) is 12.0 Å². The lowest BCUT2D eigenvalue weighted by Gasteiger charge is -2.21. The summed E-state index contributed by atoms with van der Waals surface area (Å²) in [5.41, 5.74) is 1.49. The Morgan fingerprint density at radius 2 is 2.05 bits per heavy atom. The first-order chi connectivity index (χ1) is 9.86. The van der Waals surface area contributed by atoms with Crippen LogP contribution < -0.4 is 5.32 Å². The van der Waals surface area contributed by atoms with E-state index in [0.29, 0.717) is 5.92 Å². The van der Waals surface area contributed by atoms with Crippen LogP contribution in [-0.2, 0) is 0 Å². The van der Waals surface area contributed by atoms with Crippen LogP contribution in [0.1, 0.15) is 30.7 Å². The molecule has 1 aliphatic heterocycles. The van der Waals surface area contributed by atoms with Gasteiger partial charge in [0.05, 0.1) is 0 Å². The Hall–Kier alpha value is -0.990. The molecule has 2 atom stereocenters. The van der Waals surface area contributed by atoms with Crippen LogP contribution in [0.5, 0.6) is 0 Å². The fraction of sp³-hybridized carbons (Fsp3) is 0.444. The van der Waals surface area contributed by atoms with E-state index in [1.807, 2.05) is 0 Å². The zero-order chi connectivity index (χ0) is 13.8. The van der Waals surface area contributed by atoms with E-state index in [1.165, 1.54) is 41.4 Å². The van der Waals surface area contributed by atoms with E-state index in [-0.39, 0.29) is 0 Å². The van der Waals surface area contributed by atoms with Crippen molar-refractivity contribution in [2.24, 2.45) is 0 Å². The summed E-state index contributed by atoms with van der Waals surface area (Å²) in [4.78, 5) is 0. The van der Waals surface area contributed by atoms with Gasteiger partial charge in [0.25, 0.3) is 0 Å². The normalized spacial score (nSPS) is 20.4. The highest BCUT2D eigenvalue weighted by Gasteiger charge is 2.21. The Labute approximate surface area is 126 Å². The van der Waals surface area contributed by atoms with Crippen LogP contribution >= 0.6 is 11.8 Å². The van der Waals surface area contributed by atoms with Crippen LogP contribution in [0.15, 0.2) is 42.5 Å². The molecule has 2 unspecified atom stereocenters. The number of hydrogen-bond acceptors (Lipinski definition) is 2. The molecule has 0 radical (unpaired) electrons. The zero-order valence-corrected chi connectivity index (χ0v) is 13.0. The molecule has 1 N–H and O–H groups in total. The highest BCUT2D eigenvalue weighted by molar-refractivity contribution is 8.00. The van der Waals surface area contributed by atoms with Crippen LogP contribution in [0.2, 0.25) is 0 Å². The lowest BCUT2D eigenvalue weighted by molar-refractivity contribution is 0.562. The van der Waals surface area contributed by atoms with Crippen molar-refractivity contribution in [2.75, 3.05) is 19.3 Å². The van der Waals surface area contributed by atoms with Crippen molar-refractivity contribution in [3.8, 4) is 0 Å². The minimum absolute atomic E-state index is 0.639. The van der Waals surface area contributed by atoms with Crippen LogP contribution in [0.4, 0.5) is 0 Å². The minimum atomic E-state index is 0.639. The molecule has 0 spiro atoms. The maximum Gasteiger partial charge on any atom is 0.00536 e. The van der Waals surface area contributed by atoms with E-state index in [0.717, 1.165) is 11.8 Å². The number of rotatable bonds is 5. The molecule has 0 saturated carbocycles. The van der Waals surface area contributed by atoms with Crippen molar-refractivity contribution in [3.05, 3.63) is 48.0 Å². The number of fused-ring (bicyclic) bond motifs is 1. The van der Waals surface area contributed by atoms with Crippen molar-refractivity contribution in [3.63, 3.8) is 0 Å². The van der Waals surface area contributed by atoms with Gasteiger partial charge in [-0.3, -0.25) is 0 Å². The first-order valence-electron chi connectivity index (χ1n) is 7.61. The Balaban J connectivity index is 1.83. The molecule has 1 saturated heterocycles. The molecule has 2 aromatic carbocycles. The molecule has 2 aromatic rings. The van der Waals surface area contributed by atoms with Gasteiger partial charge in [-0.15, -0.1) is 0 Å². The largest absolute Gasteiger partial charge is 0.319 e. The van der Waals surface area contributed by atoms with Crippen LogP contribution in [0, 0.1) is 0 Å². The number of hydrogen-bond donors (Lipinski definition) is 1. The van der Waals surface area contributed by atoms with Crippen molar-refractivity contribution in [2.45, 2.75) is 30.4 Å². The third-order valence-electron chi connectivity index (χ3n) is 4.27. The fourth-order valence-electron chi connectivity index (χ4n) is 3.19. The number of likely N-dealkylation sites (N-methyl/N-ethyl adjacent to an activating group) is 1. The molecule has 1 heterocycles. The van der Waals surface area contributed by atoms with Gasteiger partial charge in [0, 0.05) is 11.8 Å². The van der Waals surface area contributed by atoms with E-state index in [2.05, 4.69) is 66.6 Å².